The van der Waals surface area contributed by atoms with E-state index in [0.717, 1.165) is 12.1 Å². The molecule has 1 saturated heterocycles. The zero-order valence-corrected chi connectivity index (χ0v) is 13.7. The van der Waals surface area contributed by atoms with Crippen LogP contribution in [0.1, 0.15) is 22.3 Å². The van der Waals surface area contributed by atoms with Crippen molar-refractivity contribution in [3.05, 3.63) is 58.9 Å². The summed E-state index contributed by atoms with van der Waals surface area (Å²) in [6.07, 6.45) is -1.18. The number of benzene rings is 1. The molecule has 0 unspecified atom stereocenters. The number of hydrogen-bond acceptors (Lipinski definition) is 3. The van der Waals surface area contributed by atoms with Crippen LogP contribution in [0.5, 0.6) is 5.75 Å². The summed E-state index contributed by atoms with van der Waals surface area (Å²) >= 11 is 5.98. The molecule has 1 amide bonds. The SMILES string of the molecule is O=C(c1cccc(C(F)(F)F)c1)N1CC[C@@H](Oc2ccncc2Cl)C1. The van der Waals surface area contributed by atoms with Crippen LogP contribution in [0, 0.1) is 0 Å². The molecule has 4 nitrogen and oxygen atoms in total. The van der Waals surface area contributed by atoms with Crippen molar-refractivity contribution in [3.8, 4) is 5.75 Å². The van der Waals surface area contributed by atoms with E-state index < -0.39 is 17.6 Å². The van der Waals surface area contributed by atoms with E-state index in [1.54, 1.807) is 12.3 Å². The first-order valence-corrected chi connectivity index (χ1v) is 7.95. The Bertz CT molecular complexity index is 782. The first-order valence-electron chi connectivity index (χ1n) is 7.57. The van der Waals surface area contributed by atoms with Crippen molar-refractivity contribution in [2.24, 2.45) is 0 Å². The number of aromatic nitrogens is 1. The van der Waals surface area contributed by atoms with Gasteiger partial charge in [0.25, 0.3) is 5.91 Å². The molecule has 0 N–H and O–H groups in total. The number of amides is 1. The third-order valence-electron chi connectivity index (χ3n) is 3.90. The van der Waals surface area contributed by atoms with Crippen LogP contribution < -0.4 is 4.74 Å². The third kappa shape index (κ3) is 4.04. The summed E-state index contributed by atoms with van der Waals surface area (Å²) in [6.45, 7) is 0.691. The number of carbonyl (C=O) groups excluding carboxylic acids is 1. The smallest absolute Gasteiger partial charge is 0.416 e. The van der Waals surface area contributed by atoms with Gasteiger partial charge in [0.15, 0.2) is 0 Å². The fourth-order valence-electron chi connectivity index (χ4n) is 2.66. The highest BCUT2D eigenvalue weighted by Gasteiger charge is 2.33. The van der Waals surface area contributed by atoms with Gasteiger partial charge in [-0.15, -0.1) is 0 Å². The molecule has 0 aliphatic carbocycles. The maximum Gasteiger partial charge on any atom is 0.416 e. The van der Waals surface area contributed by atoms with Gasteiger partial charge < -0.3 is 9.64 Å². The van der Waals surface area contributed by atoms with E-state index in [1.807, 2.05) is 0 Å². The lowest BCUT2D eigenvalue weighted by atomic mass is 10.1. The number of rotatable bonds is 3. The number of carbonyl (C=O) groups is 1. The highest BCUT2D eigenvalue weighted by Crippen LogP contribution is 2.30. The molecule has 25 heavy (non-hydrogen) atoms. The summed E-state index contributed by atoms with van der Waals surface area (Å²) in [5.41, 5.74) is -0.827. The lowest BCUT2D eigenvalue weighted by molar-refractivity contribution is -0.137. The zero-order valence-electron chi connectivity index (χ0n) is 13.0. The monoisotopic (exact) mass is 370 g/mol. The lowest BCUT2D eigenvalue weighted by Crippen LogP contribution is -2.31. The lowest BCUT2D eigenvalue weighted by Gasteiger charge is -2.18. The second-order valence-corrected chi connectivity index (χ2v) is 6.07. The second-order valence-electron chi connectivity index (χ2n) is 5.66. The number of halogens is 4. The topological polar surface area (TPSA) is 42.4 Å². The van der Waals surface area contributed by atoms with Crippen molar-refractivity contribution < 1.29 is 22.7 Å². The number of ether oxygens (including phenoxy) is 1. The van der Waals surface area contributed by atoms with Gasteiger partial charge in [-0.1, -0.05) is 17.7 Å². The Morgan fingerprint density at radius 3 is 2.84 bits per heavy atom. The van der Waals surface area contributed by atoms with Gasteiger partial charge in [-0.3, -0.25) is 9.78 Å². The molecule has 0 saturated carbocycles. The Morgan fingerprint density at radius 2 is 2.12 bits per heavy atom. The van der Waals surface area contributed by atoms with Crippen LogP contribution in [0.15, 0.2) is 42.7 Å². The van der Waals surface area contributed by atoms with Crippen LogP contribution in [-0.2, 0) is 6.18 Å². The minimum Gasteiger partial charge on any atom is -0.487 e. The molecule has 1 fully saturated rings. The summed E-state index contributed by atoms with van der Waals surface area (Å²) in [5.74, 6) is 0.0214. The molecule has 1 aliphatic rings. The predicted molar refractivity (Wildman–Crippen MR) is 85.6 cm³/mol. The Labute approximate surface area is 147 Å². The van der Waals surface area contributed by atoms with Crippen LogP contribution in [0.25, 0.3) is 0 Å². The molecule has 8 heteroatoms. The number of alkyl halides is 3. The van der Waals surface area contributed by atoms with E-state index in [9.17, 15) is 18.0 Å². The van der Waals surface area contributed by atoms with Crippen molar-refractivity contribution in [2.75, 3.05) is 13.1 Å². The second kappa shape index (κ2) is 6.92. The molecule has 1 aromatic carbocycles. The molecule has 2 heterocycles. The number of pyridine rings is 1. The Morgan fingerprint density at radius 1 is 1.32 bits per heavy atom. The standard InChI is InChI=1S/C17H14ClF3N2O2/c18-14-9-22-6-4-15(14)25-13-5-7-23(10-13)16(24)11-2-1-3-12(8-11)17(19,20)21/h1-4,6,8-9,13H,5,7,10H2/t13-/m1/s1. The first-order chi connectivity index (χ1) is 11.8. The largest absolute Gasteiger partial charge is 0.487 e. The van der Waals surface area contributed by atoms with Gasteiger partial charge >= 0.3 is 6.18 Å². The number of likely N-dealkylation sites (tertiary alicyclic amines) is 1. The molecule has 3 rings (SSSR count). The van der Waals surface area contributed by atoms with E-state index in [2.05, 4.69) is 4.98 Å². The van der Waals surface area contributed by atoms with Crippen molar-refractivity contribution >= 4 is 17.5 Å². The molecule has 0 radical (unpaired) electrons. The molecule has 0 bridgehead atoms. The van der Waals surface area contributed by atoms with Gasteiger partial charge in [-0.2, -0.15) is 13.2 Å². The van der Waals surface area contributed by atoms with Gasteiger partial charge in [0.2, 0.25) is 0 Å². The van der Waals surface area contributed by atoms with Crippen molar-refractivity contribution in [2.45, 2.75) is 18.7 Å². The van der Waals surface area contributed by atoms with Crippen molar-refractivity contribution in [1.29, 1.82) is 0 Å². The molecule has 1 aromatic heterocycles. The highest BCUT2D eigenvalue weighted by atomic mass is 35.5. The van der Waals surface area contributed by atoms with E-state index >= 15 is 0 Å². The summed E-state index contributed by atoms with van der Waals surface area (Å²) in [4.78, 5) is 17.8. The summed E-state index contributed by atoms with van der Waals surface area (Å²) in [7, 11) is 0. The van der Waals surface area contributed by atoms with E-state index in [1.165, 1.54) is 23.2 Å². The number of nitrogens with zero attached hydrogens (tertiary/aromatic N) is 2. The minimum atomic E-state index is -4.48. The molecule has 0 spiro atoms. The van der Waals surface area contributed by atoms with Crippen LogP contribution in [0.3, 0.4) is 0 Å². The van der Waals surface area contributed by atoms with Crippen molar-refractivity contribution in [3.63, 3.8) is 0 Å². The summed E-state index contributed by atoms with van der Waals surface area (Å²) < 4.78 is 44.1. The highest BCUT2D eigenvalue weighted by molar-refractivity contribution is 6.31. The molecule has 1 atom stereocenters. The number of hydrogen-bond donors (Lipinski definition) is 0. The van der Waals surface area contributed by atoms with E-state index in [0.29, 0.717) is 23.7 Å². The maximum atomic E-state index is 12.8. The zero-order chi connectivity index (χ0) is 18.0. The maximum absolute atomic E-state index is 12.8. The summed E-state index contributed by atoms with van der Waals surface area (Å²) in [6, 6.07) is 6.05. The van der Waals surface area contributed by atoms with Crippen LogP contribution >= 0.6 is 11.6 Å². The average Bonchev–Trinajstić information content (AvgIpc) is 3.04. The van der Waals surface area contributed by atoms with Crippen LogP contribution in [0.4, 0.5) is 13.2 Å². The molecule has 1 aliphatic heterocycles. The molecule has 132 valence electrons. The van der Waals surface area contributed by atoms with Crippen LogP contribution in [0.2, 0.25) is 5.02 Å². The van der Waals surface area contributed by atoms with E-state index in [4.69, 9.17) is 16.3 Å². The summed E-state index contributed by atoms with van der Waals surface area (Å²) in [5, 5.41) is 0.366. The third-order valence-corrected chi connectivity index (χ3v) is 4.18. The van der Waals surface area contributed by atoms with Gasteiger partial charge in [0.1, 0.15) is 16.9 Å². The molecular formula is C17H14ClF3N2O2. The minimum absolute atomic E-state index is 0.0115. The van der Waals surface area contributed by atoms with Crippen LogP contribution in [-0.4, -0.2) is 35.0 Å². The Hall–Kier alpha value is -2.28. The molecule has 2 aromatic rings. The van der Waals surface area contributed by atoms with Gasteiger partial charge in [-0.25, -0.2) is 0 Å². The van der Waals surface area contributed by atoms with Crippen molar-refractivity contribution in [1.82, 2.24) is 9.88 Å². The molecular weight excluding hydrogens is 357 g/mol. The quantitative estimate of drug-likeness (QED) is 0.818. The van der Waals surface area contributed by atoms with Gasteiger partial charge in [-0.05, 0) is 18.2 Å². The Balaban J connectivity index is 1.68. The Kier molecular flexibility index (Phi) is 4.85. The first kappa shape index (κ1) is 17.5. The van der Waals surface area contributed by atoms with Gasteiger partial charge in [0.05, 0.1) is 12.1 Å². The normalized spacial score (nSPS) is 17.6. The fourth-order valence-corrected chi connectivity index (χ4v) is 2.82. The van der Waals surface area contributed by atoms with E-state index in [-0.39, 0.29) is 18.2 Å². The van der Waals surface area contributed by atoms with Gasteiger partial charge in [0, 0.05) is 37.0 Å². The fraction of sp³-hybridized carbons (Fsp3) is 0.294. The average molecular weight is 371 g/mol. The predicted octanol–water partition coefficient (Wildman–Crippen LogP) is 4.05.